The zero-order valence-corrected chi connectivity index (χ0v) is 14.9. The van der Waals surface area contributed by atoms with Gasteiger partial charge in [0.05, 0.1) is 23.2 Å². The van der Waals surface area contributed by atoms with E-state index in [4.69, 9.17) is 0 Å². The van der Waals surface area contributed by atoms with Gasteiger partial charge in [-0.2, -0.15) is 5.10 Å². The number of carbonyl (C=O) groups is 1. The Hall–Kier alpha value is -1.37. The molecule has 0 radical (unpaired) electrons. The molecule has 1 aromatic heterocycles. The molecule has 4 rings (SSSR count). The van der Waals surface area contributed by atoms with E-state index in [0.717, 1.165) is 17.1 Å². The molecule has 1 aromatic rings. The molecular formula is C17H25N3O3S. The molecule has 0 aromatic carbocycles. The zero-order valence-electron chi connectivity index (χ0n) is 14.1. The largest absolute Gasteiger partial charge is 0.311 e. The standard InChI is InChI=1S/C17H25N3O3S/c1-11-16-14(12-5-3-2-4-6-12)9-15(21)18-17(16)20(19-11)13-7-8-24(22,23)10-13/h12-14H,2-10H2,1H3,(H,18,21)/t13-,14-/m0/s1. The summed E-state index contributed by atoms with van der Waals surface area (Å²) in [5, 5.41) is 7.65. The maximum Gasteiger partial charge on any atom is 0.226 e. The van der Waals surface area contributed by atoms with Crippen LogP contribution in [0.2, 0.25) is 0 Å². The molecule has 0 unspecified atom stereocenters. The van der Waals surface area contributed by atoms with Gasteiger partial charge in [0, 0.05) is 17.9 Å². The molecule has 2 atom stereocenters. The minimum Gasteiger partial charge on any atom is -0.311 e. The first kappa shape index (κ1) is 16.1. The predicted octanol–water partition coefficient (Wildman–Crippen LogP) is 2.56. The van der Waals surface area contributed by atoms with Crippen LogP contribution in [0, 0.1) is 12.8 Å². The molecule has 3 aliphatic rings. The molecule has 1 N–H and O–H groups in total. The number of nitrogens with one attached hydrogen (secondary N) is 1. The highest BCUT2D eigenvalue weighted by molar-refractivity contribution is 7.91. The number of aryl methyl sites for hydroxylation is 1. The Kier molecular flexibility index (Phi) is 3.94. The number of rotatable bonds is 2. The van der Waals surface area contributed by atoms with E-state index in [0.29, 0.717) is 18.8 Å². The lowest BCUT2D eigenvalue weighted by Gasteiger charge is -2.33. The summed E-state index contributed by atoms with van der Waals surface area (Å²) < 4.78 is 25.5. The third-order valence-corrected chi connectivity index (χ3v) is 7.69. The van der Waals surface area contributed by atoms with Crippen molar-refractivity contribution in [1.82, 2.24) is 9.78 Å². The number of sulfone groups is 1. The molecule has 1 aliphatic carbocycles. The molecule has 7 heteroatoms. The van der Waals surface area contributed by atoms with Crippen LogP contribution in [0.1, 0.15) is 68.2 Å². The Morgan fingerprint density at radius 1 is 1.17 bits per heavy atom. The van der Waals surface area contributed by atoms with E-state index >= 15 is 0 Å². The molecule has 2 fully saturated rings. The number of anilines is 1. The van der Waals surface area contributed by atoms with E-state index in [1.54, 1.807) is 4.68 Å². The lowest BCUT2D eigenvalue weighted by atomic mass is 9.74. The minimum absolute atomic E-state index is 0.0417. The molecule has 0 spiro atoms. The predicted molar refractivity (Wildman–Crippen MR) is 91.8 cm³/mol. The number of carbonyl (C=O) groups excluding carboxylic acids is 1. The summed E-state index contributed by atoms with van der Waals surface area (Å²) in [4.78, 5) is 12.3. The summed E-state index contributed by atoms with van der Waals surface area (Å²) in [6, 6.07) is -0.150. The second-order valence-corrected chi connectivity index (χ2v) is 9.83. The SMILES string of the molecule is Cc1nn([C@H]2CCS(=O)(=O)C2)c2c1[C@H](C1CCCCC1)CC(=O)N2. The fourth-order valence-corrected chi connectivity index (χ4v) is 6.48. The van der Waals surface area contributed by atoms with Crippen LogP contribution < -0.4 is 5.32 Å². The molecule has 24 heavy (non-hydrogen) atoms. The van der Waals surface area contributed by atoms with Crippen molar-refractivity contribution in [3.8, 4) is 0 Å². The number of nitrogens with zero attached hydrogens (tertiary/aromatic N) is 2. The maximum absolute atomic E-state index is 12.3. The van der Waals surface area contributed by atoms with Crippen molar-refractivity contribution in [3.05, 3.63) is 11.3 Å². The van der Waals surface area contributed by atoms with E-state index in [2.05, 4.69) is 10.4 Å². The van der Waals surface area contributed by atoms with Crippen LogP contribution in [0.5, 0.6) is 0 Å². The smallest absolute Gasteiger partial charge is 0.226 e. The first-order chi connectivity index (χ1) is 11.4. The summed E-state index contributed by atoms with van der Waals surface area (Å²) in [7, 11) is -2.98. The van der Waals surface area contributed by atoms with Crippen molar-refractivity contribution in [2.75, 3.05) is 16.8 Å². The highest BCUT2D eigenvalue weighted by Gasteiger charge is 2.39. The van der Waals surface area contributed by atoms with E-state index in [9.17, 15) is 13.2 Å². The van der Waals surface area contributed by atoms with Crippen molar-refractivity contribution in [1.29, 1.82) is 0 Å². The monoisotopic (exact) mass is 351 g/mol. The molecule has 1 saturated heterocycles. The molecule has 132 valence electrons. The maximum atomic E-state index is 12.3. The lowest BCUT2D eigenvalue weighted by Crippen LogP contribution is -2.30. The van der Waals surface area contributed by atoms with Crippen molar-refractivity contribution >= 4 is 21.6 Å². The molecular weight excluding hydrogens is 326 g/mol. The highest BCUT2D eigenvalue weighted by atomic mass is 32.2. The Bertz CT molecular complexity index is 762. The third-order valence-electron chi connectivity index (χ3n) is 5.94. The van der Waals surface area contributed by atoms with Crippen LogP contribution in [0.4, 0.5) is 5.82 Å². The van der Waals surface area contributed by atoms with E-state index < -0.39 is 9.84 Å². The number of hydrogen-bond acceptors (Lipinski definition) is 4. The number of fused-ring (bicyclic) bond motifs is 1. The van der Waals surface area contributed by atoms with Gasteiger partial charge in [0.15, 0.2) is 9.84 Å². The first-order valence-corrected chi connectivity index (χ1v) is 10.9. The minimum atomic E-state index is -2.98. The van der Waals surface area contributed by atoms with Gasteiger partial charge in [-0.15, -0.1) is 0 Å². The third kappa shape index (κ3) is 2.76. The average molecular weight is 351 g/mol. The Labute approximate surface area is 142 Å². The normalized spacial score (nSPS) is 30.1. The average Bonchev–Trinajstić information content (AvgIpc) is 3.07. The van der Waals surface area contributed by atoms with E-state index in [1.807, 2.05) is 6.92 Å². The zero-order chi connectivity index (χ0) is 16.9. The van der Waals surface area contributed by atoms with Gasteiger partial charge < -0.3 is 5.32 Å². The topological polar surface area (TPSA) is 81.1 Å². The summed E-state index contributed by atoms with van der Waals surface area (Å²) in [6.07, 6.45) is 7.26. The highest BCUT2D eigenvalue weighted by Crippen LogP contribution is 2.45. The van der Waals surface area contributed by atoms with Gasteiger partial charge in [-0.25, -0.2) is 13.1 Å². The lowest BCUT2D eigenvalue weighted by molar-refractivity contribution is -0.117. The van der Waals surface area contributed by atoms with Gasteiger partial charge in [-0.1, -0.05) is 19.3 Å². The number of amides is 1. The molecule has 3 heterocycles. The first-order valence-electron chi connectivity index (χ1n) is 9.04. The van der Waals surface area contributed by atoms with Gasteiger partial charge in [-0.3, -0.25) is 4.79 Å². The molecule has 1 saturated carbocycles. The molecule has 2 aliphatic heterocycles. The fraction of sp³-hybridized carbons (Fsp3) is 0.765. The summed E-state index contributed by atoms with van der Waals surface area (Å²) in [5.74, 6) is 1.94. The Morgan fingerprint density at radius 2 is 1.92 bits per heavy atom. The molecule has 0 bridgehead atoms. The number of hydrogen-bond donors (Lipinski definition) is 1. The molecule has 1 amide bonds. The second-order valence-electron chi connectivity index (χ2n) is 7.61. The van der Waals surface area contributed by atoms with E-state index in [1.165, 1.54) is 32.1 Å². The van der Waals surface area contributed by atoms with Gasteiger partial charge in [-0.05, 0) is 32.1 Å². The van der Waals surface area contributed by atoms with Crippen molar-refractivity contribution in [3.63, 3.8) is 0 Å². The summed E-state index contributed by atoms with van der Waals surface area (Å²) in [6.45, 7) is 1.99. The Morgan fingerprint density at radius 3 is 2.58 bits per heavy atom. The van der Waals surface area contributed by atoms with E-state index in [-0.39, 0.29) is 29.4 Å². The van der Waals surface area contributed by atoms with Crippen LogP contribution in [0.3, 0.4) is 0 Å². The van der Waals surface area contributed by atoms with Crippen LogP contribution in [-0.2, 0) is 14.6 Å². The van der Waals surface area contributed by atoms with Crippen molar-refractivity contribution < 1.29 is 13.2 Å². The summed E-state index contributed by atoms with van der Waals surface area (Å²) >= 11 is 0. The second kappa shape index (κ2) is 5.86. The van der Waals surface area contributed by atoms with Crippen LogP contribution in [0.15, 0.2) is 0 Å². The van der Waals surface area contributed by atoms with Crippen LogP contribution in [-0.4, -0.2) is 35.6 Å². The van der Waals surface area contributed by atoms with Gasteiger partial charge >= 0.3 is 0 Å². The van der Waals surface area contributed by atoms with Gasteiger partial charge in [0.25, 0.3) is 0 Å². The van der Waals surface area contributed by atoms with Crippen LogP contribution >= 0.6 is 0 Å². The van der Waals surface area contributed by atoms with Crippen molar-refractivity contribution in [2.24, 2.45) is 5.92 Å². The Balaban J connectivity index is 1.72. The van der Waals surface area contributed by atoms with Gasteiger partial charge in [0.2, 0.25) is 5.91 Å². The van der Waals surface area contributed by atoms with Crippen molar-refractivity contribution in [2.45, 2.75) is 63.8 Å². The fourth-order valence-electron chi connectivity index (χ4n) is 4.79. The quantitative estimate of drug-likeness (QED) is 0.888. The van der Waals surface area contributed by atoms with Crippen LogP contribution in [0.25, 0.3) is 0 Å². The van der Waals surface area contributed by atoms with Gasteiger partial charge in [0.1, 0.15) is 5.82 Å². The molecule has 6 nitrogen and oxygen atoms in total. The number of aromatic nitrogens is 2. The summed E-state index contributed by atoms with van der Waals surface area (Å²) in [5.41, 5.74) is 2.11.